The Balaban J connectivity index is 1.55. The summed E-state index contributed by atoms with van der Waals surface area (Å²) < 4.78 is 0. The molecule has 1 amide bonds. The van der Waals surface area contributed by atoms with Gasteiger partial charge in [0.05, 0.1) is 6.10 Å². The number of hydrogen-bond donors (Lipinski definition) is 3. The first-order valence-corrected chi connectivity index (χ1v) is 12.4. The lowest BCUT2D eigenvalue weighted by molar-refractivity contribution is -0.137. The number of hydrogen-bond acceptors (Lipinski definition) is 4. The van der Waals surface area contributed by atoms with Crippen LogP contribution >= 0.6 is 0 Å². The van der Waals surface area contributed by atoms with Crippen LogP contribution in [-0.4, -0.2) is 44.7 Å². The molecule has 0 aliphatic carbocycles. The maximum absolute atomic E-state index is 12.6. The second-order valence-corrected chi connectivity index (χ2v) is 9.41. The molecule has 0 aromatic heterocycles. The van der Waals surface area contributed by atoms with Crippen LogP contribution < -0.4 is 0 Å². The van der Waals surface area contributed by atoms with Gasteiger partial charge in [-0.25, -0.2) is 0 Å². The predicted molar refractivity (Wildman–Crippen MR) is 133 cm³/mol. The van der Waals surface area contributed by atoms with Gasteiger partial charge in [0.15, 0.2) is 0 Å². The molecule has 1 fully saturated rings. The molecule has 34 heavy (non-hydrogen) atoms. The zero-order valence-corrected chi connectivity index (χ0v) is 20.1. The van der Waals surface area contributed by atoms with Crippen LogP contribution in [0.4, 0.5) is 0 Å². The van der Waals surface area contributed by atoms with Gasteiger partial charge in [-0.15, -0.1) is 0 Å². The predicted octanol–water partition coefficient (Wildman–Crippen LogP) is 5.60. The van der Waals surface area contributed by atoms with Gasteiger partial charge in [-0.2, -0.15) is 0 Å². The van der Waals surface area contributed by atoms with Crippen molar-refractivity contribution in [3.63, 3.8) is 0 Å². The number of phenols is 1. The summed E-state index contributed by atoms with van der Waals surface area (Å²) >= 11 is 0. The van der Waals surface area contributed by atoms with Crippen molar-refractivity contribution in [2.45, 2.75) is 83.3 Å². The highest BCUT2D eigenvalue weighted by Crippen LogP contribution is 2.31. The van der Waals surface area contributed by atoms with E-state index in [0.29, 0.717) is 25.8 Å². The highest BCUT2D eigenvalue weighted by atomic mass is 16.4. The van der Waals surface area contributed by atoms with Gasteiger partial charge in [0, 0.05) is 25.4 Å². The molecular formula is C28H37NO5. The Kier molecular flexibility index (Phi) is 9.52. The van der Waals surface area contributed by atoms with Crippen molar-refractivity contribution in [2.75, 3.05) is 6.54 Å². The van der Waals surface area contributed by atoms with Crippen LogP contribution in [0, 0.1) is 6.92 Å². The van der Waals surface area contributed by atoms with E-state index in [1.54, 1.807) is 12.1 Å². The van der Waals surface area contributed by atoms with Gasteiger partial charge in [0.1, 0.15) is 5.75 Å². The number of carbonyl (C=O) groups excluding carboxylic acids is 1. The van der Waals surface area contributed by atoms with E-state index in [2.05, 4.69) is 0 Å². The third-order valence-corrected chi connectivity index (χ3v) is 6.79. The topological polar surface area (TPSA) is 98.1 Å². The fourth-order valence-electron chi connectivity index (χ4n) is 4.91. The van der Waals surface area contributed by atoms with Crippen LogP contribution in [0.15, 0.2) is 42.5 Å². The van der Waals surface area contributed by atoms with Crippen LogP contribution in [0.3, 0.4) is 0 Å². The van der Waals surface area contributed by atoms with Crippen LogP contribution in [0.1, 0.15) is 81.4 Å². The smallest absolute Gasteiger partial charge is 0.303 e. The third kappa shape index (κ3) is 7.32. The summed E-state index contributed by atoms with van der Waals surface area (Å²) in [4.78, 5) is 25.2. The summed E-state index contributed by atoms with van der Waals surface area (Å²) in [6.45, 7) is 2.67. The standard InChI is InChI=1S/C28H37NO5/c1-20-18-24(30)14-15-25(20)21-8-6-9-22(19-21)26(31)16-13-23-10-7-11-27(32)29(23)17-5-3-2-4-12-28(33)34/h6,8-9,14-15,18-19,23,26,30-31H,2-5,7,10-13,16-17H2,1H3,(H,33,34). The Morgan fingerprint density at radius 2 is 1.91 bits per heavy atom. The second-order valence-electron chi connectivity index (χ2n) is 9.41. The van der Waals surface area contributed by atoms with Crippen LogP contribution in [-0.2, 0) is 9.59 Å². The van der Waals surface area contributed by atoms with E-state index in [1.165, 1.54) is 0 Å². The number of aliphatic hydroxyl groups is 1. The summed E-state index contributed by atoms with van der Waals surface area (Å²) in [5.74, 6) is -0.320. The van der Waals surface area contributed by atoms with Crippen molar-refractivity contribution < 1.29 is 24.9 Å². The largest absolute Gasteiger partial charge is 0.508 e. The van der Waals surface area contributed by atoms with E-state index < -0.39 is 12.1 Å². The molecule has 3 N–H and O–H groups in total. The molecule has 1 aliphatic rings. The lowest BCUT2D eigenvalue weighted by Gasteiger charge is -2.36. The number of likely N-dealkylation sites (tertiary alicyclic amines) is 1. The molecule has 184 valence electrons. The molecule has 2 aromatic carbocycles. The third-order valence-electron chi connectivity index (χ3n) is 6.79. The highest BCUT2D eigenvalue weighted by Gasteiger charge is 2.28. The van der Waals surface area contributed by atoms with Gasteiger partial charge >= 0.3 is 5.97 Å². The minimum absolute atomic E-state index is 0.150. The van der Waals surface area contributed by atoms with E-state index in [4.69, 9.17) is 5.11 Å². The lowest BCUT2D eigenvalue weighted by Crippen LogP contribution is -2.44. The minimum atomic E-state index is -0.756. The fraction of sp³-hybridized carbons (Fsp3) is 0.500. The van der Waals surface area contributed by atoms with E-state index in [-0.39, 0.29) is 24.1 Å². The zero-order chi connectivity index (χ0) is 24.5. The van der Waals surface area contributed by atoms with Gasteiger partial charge in [-0.3, -0.25) is 9.59 Å². The quantitative estimate of drug-likeness (QED) is 0.353. The molecule has 2 aromatic rings. The lowest BCUT2D eigenvalue weighted by atomic mass is 9.92. The van der Waals surface area contributed by atoms with Gasteiger partial charge in [0.25, 0.3) is 0 Å². The number of carboxylic acid groups (broad SMARTS) is 1. The van der Waals surface area contributed by atoms with Crippen LogP contribution in [0.25, 0.3) is 11.1 Å². The van der Waals surface area contributed by atoms with Crippen molar-refractivity contribution >= 4 is 11.9 Å². The zero-order valence-electron chi connectivity index (χ0n) is 20.1. The van der Waals surface area contributed by atoms with Crippen LogP contribution in [0.5, 0.6) is 5.75 Å². The molecular weight excluding hydrogens is 430 g/mol. The summed E-state index contributed by atoms with van der Waals surface area (Å²) in [5.41, 5.74) is 3.87. The number of carbonyl (C=O) groups is 2. The number of aryl methyl sites for hydroxylation is 1. The van der Waals surface area contributed by atoms with Gasteiger partial charge in [-0.1, -0.05) is 37.1 Å². The molecule has 6 heteroatoms. The number of rotatable bonds is 12. The SMILES string of the molecule is Cc1cc(O)ccc1-c1cccc(C(O)CCC2CCCC(=O)N2CCCCCCC(=O)O)c1. The summed E-state index contributed by atoms with van der Waals surface area (Å²) in [6, 6.07) is 13.3. The van der Waals surface area contributed by atoms with Gasteiger partial charge in [-0.05, 0) is 85.9 Å². The van der Waals surface area contributed by atoms with Gasteiger partial charge < -0.3 is 20.2 Å². The molecule has 0 bridgehead atoms. The first-order chi connectivity index (χ1) is 16.3. The highest BCUT2D eigenvalue weighted by molar-refractivity contribution is 5.77. The number of aliphatic hydroxyl groups excluding tert-OH is 1. The molecule has 0 spiro atoms. The molecule has 0 saturated carbocycles. The number of aromatic hydroxyl groups is 1. The Morgan fingerprint density at radius 3 is 2.68 bits per heavy atom. The van der Waals surface area contributed by atoms with Crippen molar-refractivity contribution in [1.29, 1.82) is 0 Å². The number of aliphatic carboxylic acids is 1. The van der Waals surface area contributed by atoms with E-state index in [1.807, 2.05) is 42.2 Å². The number of benzene rings is 2. The Bertz CT molecular complexity index is 973. The minimum Gasteiger partial charge on any atom is -0.508 e. The van der Waals surface area contributed by atoms with E-state index in [0.717, 1.165) is 60.8 Å². The molecule has 1 heterocycles. The average molecular weight is 468 g/mol. The number of phenolic OH excluding ortho intramolecular Hbond substituents is 1. The molecule has 0 radical (unpaired) electrons. The fourth-order valence-corrected chi connectivity index (χ4v) is 4.91. The number of carboxylic acids is 1. The second kappa shape index (κ2) is 12.6. The first kappa shape index (κ1) is 25.8. The maximum atomic E-state index is 12.6. The molecule has 3 rings (SSSR count). The molecule has 1 saturated heterocycles. The molecule has 2 unspecified atom stereocenters. The number of unbranched alkanes of at least 4 members (excludes halogenated alkanes) is 3. The summed E-state index contributed by atoms with van der Waals surface area (Å²) in [5, 5.41) is 29.3. The van der Waals surface area contributed by atoms with E-state index >= 15 is 0 Å². The van der Waals surface area contributed by atoms with Crippen molar-refractivity contribution in [3.8, 4) is 16.9 Å². The first-order valence-electron chi connectivity index (χ1n) is 12.4. The maximum Gasteiger partial charge on any atom is 0.303 e. The van der Waals surface area contributed by atoms with Gasteiger partial charge in [0.2, 0.25) is 5.91 Å². The normalized spacial score (nSPS) is 17.1. The summed E-state index contributed by atoms with van der Waals surface area (Å²) in [6.07, 6.45) is 6.76. The number of nitrogens with zero attached hydrogens (tertiary/aromatic N) is 1. The van der Waals surface area contributed by atoms with Crippen molar-refractivity contribution in [2.24, 2.45) is 0 Å². The molecule has 1 aliphatic heterocycles. The van der Waals surface area contributed by atoms with Crippen molar-refractivity contribution in [3.05, 3.63) is 53.6 Å². The average Bonchev–Trinajstić information content (AvgIpc) is 2.80. The van der Waals surface area contributed by atoms with Crippen molar-refractivity contribution in [1.82, 2.24) is 4.90 Å². The Hall–Kier alpha value is -2.86. The Labute approximate surface area is 202 Å². The Morgan fingerprint density at radius 1 is 1.12 bits per heavy atom. The summed E-state index contributed by atoms with van der Waals surface area (Å²) in [7, 11) is 0. The molecule has 6 nitrogen and oxygen atoms in total. The molecule has 2 atom stereocenters. The number of piperidine rings is 1. The number of amides is 1. The van der Waals surface area contributed by atoms with E-state index in [9.17, 15) is 19.8 Å². The monoisotopic (exact) mass is 467 g/mol. The van der Waals surface area contributed by atoms with Crippen LogP contribution in [0.2, 0.25) is 0 Å².